The molecule has 3 heteroatoms. The maximum absolute atomic E-state index is 8.89. The Morgan fingerprint density at radius 1 is 0.471 bits per heavy atom. The highest BCUT2D eigenvalue weighted by Gasteiger charge is 2.05. The lowest BCUT2D eigenvalue weighted by Crippen LogP contribution is -2.35. The van der Waals surface area contributed by atoms with Gasteiger partial charge in [-0.25, -0.2) is 0 Å². The van der Waals surface area contributed by atoms with Crippen molar-refractivity contribution in [1.29, 1.82) is 0 Å². The summed E-state index contributed by atoms with van der Waals surface area (Å²) in [5.41, 5.74) is 0. The molecule has 0 aliphatic rings. The number of hydrogen-bond donors (Lipinski definition) is 0. The molecule has 0 saturated heterocycles. The number of carboxylic acids is 1. The largest absolute Gasteiger partial charge is 0.550 e. The lowest BCUT2D eigenvalue weighted by molar-refractivity contribution is -0.870. The molecule has 0 bridgehead atoms. The molecular weight excluding hydrogens is 418 g/mol. The van der Waals surface area contributed by atoms with Gasteiger partial charge < -0.3 is 14.4 Å². The van der Waals surface area contributed by atoms with E-state index in [-0.39, 0.29) is 0 Å². The van der Waals surface area contributed by atoms with Gasteiger partial charge in [-0.05, 0) is 19.8 Å². The van der Waals surface area contributed by atoms with Crippen LogP contribution in [0.2, 0.25) is 0 Å². The molecule has 0 spiro atoms. The van der Waals surface area contributed by atoms with Gasteiger partial charge in [0.25, 0.3) is 0 Å². The first kappa shape index (κ1) is 35.6. The van der Waals surface area contributed by atoms with Gasteiger partial charge in [0, 0.05) is 5.97 Å². The molecule has 0 aliphatic carbocycles. The third-order valence-corrected chi connectivity index (χ3v) is 6.68. The predicted molar refractivity (Wildman–Crippen MR) is 150 cm³/mol. The van der Waals surface area contributed by atoms with Gasteiger partial charge in [-0.3, -0.25) is 0 Å². The van der Waals surface area contributed by atoms with E-state index in [1.54, 1.807) is 0 Å². The molecule has 0 unspecified atom stereocenters. The van der Waals surface area contributed by atoms with Crippen molar-refractivity contribution >= 4 is 5.97 Å². The second-order valence-corrected chi connectivity index (χ2v) is 11.6. The fourth-order valence-electron chi connectivity index (χ4n) is 4.55. The molecule has 0 aliphatic heterocycles. The Hall–Kier alpha value is -0.570. The van der Waals surface area contributed by atoms with Crippen LogP contribution in [-0.4, -0.2) is 38.1 Å². The maximum atomic E-state index is 8.89. The van der Waals surface area contributed by atoms with Crippen molar-refractivity contribution in [2.24, 2.45) is 0 Å². The van der Waals surface area contributed by atoms with Gasteiger partial charge in [0.1, 0.15) is 0 Å². The fourth-order valence-corrected chi connectivity index (χ4v) is 4.55. The van der Waals surface area contributed by atoms with Gasteiger partial charge in [0.2, 0.25) is 0 Å². The molecule has 0 fully saturated rings. The summed E-state index contributed by atoms with van der Waals surface area (Å²) in [6.07, 6.45) is 35.3. The number of carbonyl (C=O) groups is 1. The summed E-state index contributed by atoms with van der Waals surface area (Å²) in [5.74, 6) is -1.08. The molecule has 0 aromatic heterocycles. The fraction of sp³-hybridized carbons (Fsp3) is 0.968. The minimum Gasteiger partial charge on any atom is -0.550 e. The molecule has 0 rings (SSSR count). The first-order valence-corrected chi connectivity index (χ1v) is 15.3. The smallest absolute Gasteiger partial charge is 0.0780 e. The van der Waals surface area contributed by atoms with Crippen LogP contribution in [0.4, 0.5) is 0 Å². The summed E-state index contributed by atoms with van der Waals surface area (Å²) in [6, 6.07) is 0. The highest BCUT2D eigenvalue weighted by molar-refractivity contribution is 5.60. The van der Waals surface area contributed by atoms with E-state index >= 15 is 0 Å². The van der Waals surface area contributed by atoms with Crippen molar-refractivity contribution in [2.75, 3.05) is 27.7 Å². The number of unbranched alkanes of at least 4 members (excludes halogenated alkanes) is 23. The molecule has 0 saturated carbocycles. The Labute approximate surface area is 216 Å². The maximum Gasteiger partial charge on any atom is 0.0780 e. The molecular formula is C31H65NO2. The predicted octanol–water partition coefficient (Wildman–Crippen LogP) is 8.83. The summed E-state index contributed by atoms with van der Waals surface area (Å²) in [5, 5.41) is 8.89. The Bertz CT molecular complexity index is 385. The van der Waals surface area contributed by atoms with E-state index in [1.807, 2.05) is 0 Å². The molecule has 206 valence electrons. The van der Waals surface area contributed by atoms with Crippen molar-refractivity contribution in [3.8, 4) is 0 Å². The topological polar surface area (TPSA) is 40.1 Å². The highest BCUT2D eigenvalue weighted by Crippen LogP contribution is 2.15. The molecule has 0 aromatic rings. The molecule has 0 radical (unpaired) electrons. The van der Waals surface area contributed by atoms with Crippen molar-refractivity contribution in [3.63, 3.8) is 0 Å². The number of quaternary nitrogens is 1. The van der Waals surface area contributed by atoms with E-state index in [0.717, 1.165) is 11.4 Å². The molecule has 3 nitrogen and oxygen atoms in total. The standard InChI is InChI=1S/C29H62N.C2H4O2/c1-5-6-7-8-9-10-11-12-13-14-15-16-17-18-19-20-21-22-23-24-25-26-27-28-29-30(2,3)4;1-2(3)4/h5-29H2,1-4H3;1H3,(H,3,4)/q+1;/p-1. The van der Waals surface area contributed by atoms with Crippen LogP contribution < -0.4 is 5.11 Å². The van der Waals surface area contributed by atoms with E-state index in [9.17, 15) is 0 Å². The molecule has 0 N–H and O–H groups in total. The highest BCUT2D eigenvalue weighted by atomic mass is 16.4. The zero-order valence-corrected chi connectivity index (χ0v) is 24.4. The van der Waals surface area contributed by atoms with Gasteiger partial charge in [-0.1, -0.05) is 148 Å². The average Bonchev–Trinajstić information content (AvgIpc) is 2.75. The summed E-state index contributed by atoms with van der Waals surface area (Å²) >= 11 is 0. The lowest BCUT2D eigenvalue weighted by Gasteiger charge is -2.23. The SMILES string of the molecule is CC(=O)[O-].CCCCCCCCCCCCCCCCCCCCCCCCCC[N+](C)(C)C. The van der Waals surface area contributed by atoms with Crippen LogP contribution in [0.5, 0.6) is 0 Å². The van der Waals surface area contributed by atoms with Crippen LogP contribution in [-0.2, 0) is 4.79 Å². The molecule has 0 atom stereocenters. The molecule has 34 heavy (non-hydrogen) atoms. The van der Waals surface area contributed by atoms with Crippen LogP contribution >= 0.6 is 0 Å². The summed E-state index contributed by atoms with van der Waals surface area (Å²) in [6.45, 7) is 4.61. The minimum absolute atomic E-state index is 0.972. The average molecular weight is 484 g/mol. The number of aliphatic carboxylic acids is 1. The van der Waals surface area contributed by atoms with Crippen molar-refractivity contribution in [1.82, 2.24) is 0 Å². The van der Waals surface area contributed by atoms with Crippen LogP contribution in [0, 0.1) is 0 Å². The number of rotatable bonds is 25. The second kappa shape index (κ2) is 28.7. The van der Waals surface area contributed by atoms with Gasteiger partial charge in [0.05, 0.1) is 27.7 Å². The molecule has 0 aromatic carbocycles. The van der Waals surface area contributed by atoms with Crippen LogP contribution in [0.1, 0.15) is 168 Å². The first-order valence-electron chi connectivity index (χ1n) is 15.3. The number of nitrogens with zero attached hydrogens (tertiary/aromatic N) is 1. The number of carbonyl (C=O) groups excluding carboxylic acids is 1. The molecule has 0 amide bonds. The molecule has 0 heterocycles. The Kier molecular flexibility index (Phi) is 30.0. The van der Waals surface area contributed by atoms with E-state index in [2.05, 4.69) is 28.1 Å². The second-order valence-electron chi connectivity index (χ2n) is 11.6. The van der Waals surface area contributed by atoms with Gasteiger partial charge >= 0.3 is 0 Å². The monoisotopic (exact) mass is 484 g/mol. The normalized spacial score (nSPS) is 11.3. The van der Waals surface area contributed by atoms with E-state index in [4.69, 9.17) is 9.90 Å². The van der Waals surface area contributed by atoms with E-state index < -0.39 is 5.97 Å². The van der Waals surface area contributed by atoms with Crippen LogP contribution in [0.3, 0.4) is 0 Å². The van der Waals surface area contributed by atoms with E-state index in [1.165, 1.54) is 161 Å². The van der Waals surface area contributed by atoms with Crippen molar-refractivity contribution in [3.05, 3.63) is 0 Å². The summed E-state index contributed by atoms with van der Waals surface area (Å²) in [4.78, 5) is 8.89. The lowest BCUT2D eigenvalue weighted by atomic mass is 10.0. The minimum atomic E-state index is -1.08. The number of carboxylic acid groups (broad SMARTS) is 1. The van der Waals surface area contributed by atoms with E-state index in [0.29, 0.717) is 0 Å². The summed E-state index contributed by atoms with van der Waals surface area (Å²) < 4.78 is 1.12. The Balaban J connectivity index is 0. The van der Waals surface area contributed by atoms with Crippen molar-refractivity contribution in [2.45, 2.75) is 168 Å². The zero-order chi connectivity index (χ0) is 25.8. The van der Waals surface area contributed by atoms with Crippen LogP contribution in [0.15, 0.2) is 0 Å². The van der Waals surface area contributed by atoms with Gasteiger partial charge in [0.15, 0.2) is 0 Å². The zero-order valence-electron chi connectivity index (χ0n) is 24.4. The van der Waals surface area contributed by atoms with Crippen LogP contribution in [0.25, 0.3) is 0 Å². The quantitative estimate of drug-likeness (QED) is 0.0960. The Morgan fingerprint density at radius 3 is 0.824 bits per heavy atom. The first-order chi connectivity index (χ1) is 16.3. The Morgan fingerprint density at radius 2 is 0.647 bits per heavy atom. The van der Waals surface area contributed by atoms with Gasteiger partial charge in [-0.15, -0.1) is 0 Å². The summed E-state index contributed by atoms with van der Waals surface area (Å²) in [7, 11) is 6.91. The third kappa shape index (κ3) is 41.7. The van der Waals surface area contributed by atoms with Gasteiger partial charge in [-0.2, -0.15) is 0 Å². The van der Waals surface area contributed by atoms with Crippen molar-refractivity contribution < 1.29 is 14.4 Å². The number of hydrogen-bond acceptors (Lipinski definition) is 2. The third-order valence-electron chi connectivity index (χ3n) is 6.68.